The molecule has 0 radical (unpaired) electrons. The predicted octanol–water partition coefficient (Wildman–Crippen LogP) is 6.15. The second-order valence-electron chi connectivity index (χ2n) is 5.97. The molecule has 0 atom stereocenters. The Labute approximate surface area is 154 Å². The molecule has 0 aromatic heterocycles. The molecule has 14 heteroatoms. The van der Waals surface area contributed by atoms with Gasteiger partial charge in [0.25, 0.3) is 0 Å². The van der Waals surface area contributed by atoms with E-state index in [1.165, 1.54) is 0 Å². The van der Waals surface area contributed by atoms with Crippen molar-refractivity contribution in [1.82, 2.24) is 0 Å². The minimum Gasteiger partial charge on any atom is -0.392 e. The first-order valence-electron chi connectivity index (χ1n) is 7.41. The minimum absolute atomic E-state index is 0.0650. The lowest BCUT2D eigenvalue weighted by Gasteiger charge is -2.39. The second kappa shape index (κ2) is 7.51. The van der Waals surface area contributed by atoms with Crippen molar-refractivity contribution in [2.24, 2.45) is 0 Å². The Morgan fingerprint density at radius 2 is 1.03 bits per heavy atom. The topological polar surface area (TPSA) is 20.2 Å². The Balaban J connectivity index is 3.37. The number of benzene rings is 1. The van der Waals surface area contributed by atoms with Crippen LogP contribution in [0.5, 0.6) is 0 Å². The summed E-state index contributed by atoms with van der Waals surface area (Å²) in [5.74, 6) is -34.4. The largest absolute Gasteiger partial charge is 0.392 e. The number of aliphatic hydroxyl groups excluding tert-OH is 1. The van der Waals surface area contributed by atoms with Crippen LogP contribution >= 0.6 is 0 Å². The van der Waals surface area contributed by atoms with E-state index in [1.54, 1.807) is 0 Å². The third-order valence-corrected chi connectivity index (χ3v) is 3.86. The van der Waals surface area contributed by atoms with Crippen LogP contribution in [0, 0.1) is 0 Å². The lowest BCUT2D eigenvalue weighted by molar-refractivity contribution is -0.406. The Morgan fingerprint density at radius 3 is 1.41 bits per heavy atom. The molecule has 0 bridgehead atoms. The first-order valence-corrected chi connectivity index (χ1v) is 7.41. The smallest absolute Gasteiger partial charge is 0.389 e. The summed E-state index contributed by atoms with van der Waals surface area (Å²) in [6, 6.07) is 1.23. The molecule has 1 aromatic carbocycles. The fourth-order valence-corrected chi connectivity index (χ4v) is 2.08. The zero-order chi connectivity index (χ0) is 23.1. The zero-order valence-corrected chi connectivity index (χ0v) is 13.8. The predicted molar refractivity (Wildman–Crippen MR) is 71.3 cm³/mol. The van der Waals surface area contributed by atoms with Crippen LogP contribution in [0.1, 0.15) is 24.0 Å². The van der Waals surface area contributed by atoms with Gasteiger partial charge in [-0.15, -0.1) is 0 Å². The highest BCUT2D eigenvalue weighted by Crippen LogP contribution is 2.60. The van der Waals surface area contributed by atoms with Crippen LogP contribution in [0.25, 0.3) is 0 Å². The fraction of sp³-hybridized carbons (Fsp3) is 0.600. The van der Waals surface area contributed by atoms with Crippen molar-refractivity contribution >= 4 is 0 Å². The molecule has 0 aliphatic rings. The van der Waals surface area contributed by atoms with E-state index in [-0.39, 0.29) is 17.7 Å². The monoisotopic (exact) mass is 454 g/mol. The van der Waals surface area contributed by atoms with Crippen LogP contribution in [-0.2, 0) is 12.5 Å². The van der Waals surface area contributed by atoms with Crippen molar-refractivity contribution < 1.29 is 62.2 Å². The van der Waals surface area contributed by atoms with Crippen LogP contribution in [0.3, 0.4) is 0 Å². The number of alkyl halides is 13. The Bertz CT molecular complexity index is 691. The number of rotatable bonds is 8. The minimum atomic E-state index is -7.45. The molecule has 0 heterocycles. The highest BCUT2D eigenvalue weighted by molar-refractivity contribution is 5.29. The first kappa shape index (κ1) is 25.3. The van der Waals surface area contributed by atoms with Gasteiger partial charge in [-0.3, -0.25) is 0 Å². The molecule has 0 unspecified atom stereocenters. The Morgan fingerprint density at radius 1 is 0.586 bits per heavy atom. The van der Waals surface area contributed by atoms with E-state index in [0.29, 0.717) is 12.1 Å². The van der Waals surface area contributed by atoms with Gasteiger partial charge in [0, 0.05) is 18.4 Å². The molecule has 1 rings (SSSR count). The molecule has 0 fully saturated rings. The molecule has 168 valence electrons. The summed E-state index contributed by atoms with van der Waals surface area (Å²) >= 11 is 0. The van der Waals surface area contributed by atoms with Gasteiger partial charge in [0.1, 0.15) is 0 Å². The van der Waals surface area contributed by atoms with E-state index in [4.69, 9.17) is 5.11 Å². The van der Waals surface area contributed by atoms with E-state index in [0.717, 1.165) is 0 Å². The van der Waals surface area contributed by atoms with Crippen LogP contribution in [0.2, 0.25) is 0 Å². The van der Waals surface area contributed by atoms with Crippen molar-refractivity contribution in [3.05, 3.63) is 35.4 Å². The number of hydrogen-bond donors (Lipinski definition) is 1. The molecule has 0 saturated carbocycles. The summed E-state index contributed by atoms with van der Waals surface area (Å²) in [6.07, 6.45) is -11.3. The zero-order valence-electron chi connectivity index (χ0n) is 13.8. The van der Waals surface area contributed by atoms with E-state index >= 15 is 0 Å². The number of aliphatic hydroxyl groups is 1. The summed E-state index contributed by atoms with van der Waals surface area (Å²) in [5, 5.41) is 8.71. The van der Waals surface area contributed by atoms with Crippen LogP contribution in [0.4, 0.5) is 57.1 Å². The van der Waals surface area contributed by atoms with E-state index in [1.807, 2.05) is 0 Å². The summed E-state index contributed by atoms with van der Waals surface area (Å²) in [5.41, 5.74) is -2.14. The van der Waals surface area contributed by atoms with Gasteiger partial charge in [-0.1, -0.05) is 24.3 Å². The van der Waals surface area contributed by atoms with Gasteiger partial charge in [0.05, 0.1) is 6.61 Å². The van der Waals surface area contributed by atoms with Gasteiger partial charge in [-0.2, -0.15) is 57.1 Å². The standard InChI is InChI=1S/C15H11F13O/c16-10(17,5-6-11(18,19)20)13(23,24)15(27,28)14(25,26)12(21,22)9-3-1-8(7-29)2-4-9/h1-4,29H,5-7H2. The highest BCUT2D eigenvalue weighted by Gasteiger charge is 2.86. The van der Waals surface area contributed by atoms with Gasteiger partial charge in [-0.05, 0) is 5.56 Å². The van der Waals surface area contributed by atoms with Gasteiger partial charge in [0.15, 0.2) is 0 Å². The van der Waals surface area contributed by atoms with Gasteiger partial charge >= 0.3 is 35.8 Å². The van der Waals surface area contributed by atoms with Gasteiger partial charge < -0.3 is 5.11 Å². The highest BCUT2D eigenvalue weighted by atomic mass is 19.4. The van der Waals surface area contributed by atoms with E-state index in [2.05, 4.69) is 0 Å². The van der Waals surface area contributed by atoms with Crippen LogP contribution in [0.15, 0.2) is 24.3 Å². The first-order chi connectivity index (χ1) is 12.7. The molecule has 0 spiro atoms. The quantitative estimate of drug-likeness (QED) is 0.467. The summed E-state index contributed by atoms with van der Waals surface area (Å²) < 4.78 is 172. The van der Waals surface area contributed by atoms with Crippen molar-refractivity contribution in [2.75, 3.05) is 0 Å². The van der Waals surface area contributed by atoms with Crippen molar-refractivity contribution in [3.8, 4) is 0 Å². The third kappa shape index (κ3) is 4.40. The average Bonchev–Trinajstić information content (AvgIpc) is 2.58. The third-order valence-electron chi connectivity index (χ3n) is 3.86. The molecule has 1 N–H and O–H groups in total. The fourth-order valence-electron chi connectivity index (χ4n) is 2.08. The molecule has 1 aromatic rings. The summed E-state index contributed by atoms with van der Waals surface area (Å²) in [4.78, 5) is 0. The lowest BCUT2D eigenvalue weighted by atomic mass is 9.89. The van der Waals surface area contributed by atoms with Gasteiger partial charge in [-0.25, -0.2) is 0 Å². The van der Waals surface area contributed by atoms with Crippen LogP contribution < -0.4 is 0 Å². The maximum absolute atomic E-state index is 13.9. The molecular weight excluding hydrogens is 443 g/mol. The number of halogens is 13. The SMILES string of the molecule is OCc1ccc(C(F)(F)C(F)(F)C(F)(F)C(F)(F)C(F)(F)CCC(F)(F)F)cc1. The van der Waals surface area contributed by atoms with Crippen LogP contribution in [-0.4, -0.2) is 35.0 Å². The van der Waals surface area contributed by atoms with Crippen molar-refractivity contribution in [3.63, 3.8) is 0 Å². The second-order valence-corrected chi connectivity index (χ2v) is 5.97. The summed E-state index contributed by atoms with van der Waals surface area (Å²) in [6.45, 7) is -0.790. The molecule has 0 saturated heterocycles. The molecule has 0 aliphatic heterocycles. The number of hydrogen-bond acceptors (Lipinski definition) is 1. The van der Waals surface area contributed by atoms with Crippen molar-refractivity contribution in [2.45, 2.75) is 55.2 Å². The molecule has 0 amide bonds. The molecular formula is C15H11F13O. The maximum atomic E-state index is 13.9. The summed E-state index contributed by atoms with van der Waals surface area (Å²) in [7, 11) is 0. The lowest BCUT2D eigenvalue weighted by Crippen LogP contribution is -2.66. The van der Waals surface area contributed by atoms with Gasteiger partial charge in [0.2, 0.25) is 0 Å². The molecule has 1 nitrogen and oxygen atoms in total. The maximum Gasteiger partial charge on any atom is 0.389 e. The Hall–Kier alpha value is -1.73. The van der Waals surface area contributed by atoms with E-state index in [9.17, 15) is 57.1 Å². The van der Waals surface area contributed by atoms with E-state index < -0.39 is 60.8 Å². The molecule has 0 aliphatic carbocycles. The normalized spacial score (nSPS) is 15.0. The molecule has 29 heavy (non-hydrogen) atoms. The average molecular weight is 454 g/mol. The Kier molecular flexibility index (Phi) is 6.55. The van der Waals surface area contributed by atoms with Crippen molar-refractivity contribution in [1.29, 1.82) is 0 Å².